The highest BCUT2D eigenvalue weighted by molar-refractivity contribution is 14.1. The summed E-state index contributed by atoms with van der Waals surface area (Å²) in [5.74, 6) is -4.56. The summed E-state index contributed by atoms with van der Waals surface area (Å²) in [7, 11) is 5.62. The number of cyclic esters (lactones) is 1. The van der Waals surface area contributed by atoms with E-state index in [0.717, 1.165) is 39.4 Å². The highest BCUT2D eigenvalue weighted by Gasteiger charge is 2.51. The Morgan fingerprint density at radius 1 is 1.02 bits per heavy atom. The van der Waals surface area contributed by atoms with Crippen LogP contribution in [0.4, 0.5) is 0 Å². The molecule has 13 atom stereocenters. The molecule has 360 valence electrons. The maximum Gasteiger partial charge on any atom is 0.317 e. The van der Waals surface area contributed by atoms with Crippen LogP contribution in [0.5, 0.6) is 0 Å². The molecule has 0 saturated carbocycles. The first kappa shape index (κ1) is 51.9. The van der Waals surface area contributed by atoms with Crippen LogP contribution in [-0.2, 0) is 52.7 Å². The summed E-state index contributed by atoms with van der Waals surface area (Å²) in [4.78, 5) is 47.5. The second-order valence-electron chi connectivity index (χ2n) is 20.5. The predicted molar refractivity (Wildman–Crippen MR) is 261 cm³/mol. The fourth-order valence-corrected chi connectivity index (χ4v) is 12.0. The van der Waals surface area contributed by atoms with Gasteiger partial charge in [-0.25, -0.2) is 0 Å². The number of benzene rings is 1. The first-order chi connectivity index (χ1) is 30.2. The molecule has 16 heteroatoms. The molecule has 0 bridgehead atoms. The molecule has 1 aromatic carbocycles. The van der Waals surface area contributed by atoms with E-state index < -0.39 is 75.5 Å². The van der Waals surface area contributed by atoms with Gasteiger partial charge in [-0.05, 0) is 127 Å². The Morgan fingerprint density at radius 2 is 1.68 bits per heavy atom. The number of aliphatic hydroxyl groups is 3. The van der Waals surface area contributed by atoms with Crippen molar-refractivity contribution in [2.45, 2.75) is 153 Å². The number of rotatable bonds is 8. The monoisotopic (exact) mass is 1050 g/mol. The molecule has 13 nitrogen and oxygen atoms in total. The number of Topliss-reactive ketones (excluding diaryl/α,β-unsaturated/α-hetero) is 1. The largest absolute Gasteiger partial charge is 0.455 e. The van der Waals surface area contributed by atoms with E-state index in [1.54, 1.807) is 43.4 Å². The van der Waals surface area contributed by atoms with Crippen molar-refractivity contribution in [3.8, 4) is 21.6 Å². The van der Waals surface area contributed by atoms with Gasteiger partial charge in [0, 0.05) is 52.4 Å². The lowest BCUT2D eigenvalue weighted by molar-refractivity contribution is -0.296. The number of carbonyl (C=O) groups excluding carboxylic acids is 3. The Hall–Kier alpha value is -2.45. The number of thiophene rings is 1. The highest BCUT2D eigenvalue weighted by Crippen LogP contribution is 2.49. The fourth-order valence-electron chi connectivity index (χ4n) is 10.3. The van der Waals surface area contributed by atoms with E-state index >= 15 is 0 Å². The molecule has 2 fully saturated rings. The number of aliphatic hydroxyl groups excluding tert-OH is 1. The minimum absolute atomic E-state index is 0.0559. The van der Waals surface area contributed by atoms with Crippen molar-refractivity contribution in [3.05, 3.63) is 58.2 Å². The van der Waals surface area contributed by atoms with E-state index in [4.69, 9.17) is 30.5 Å². The van der Waals surface area contributed by atoms with Crippen molar-refractivity contribution >= 4 is 63.3 Å². The van der Waals surface area contributed by atoms with Crippen LogP contribution >= 0.6 is 45.5 Å². The average Bonchev–Trinajstić information content (AvgIpc) is 3.88. The Labute approximate surface area is 407 Å². The molecule has 2 aromatic heterocycles. The van der Waals surface area contributed by atoms with Gasteiger partial charge in [0.15, 0.2) is 22.3 Å². The Kier molecular flexibility index (Phi) is 16.2. The number of halogens is 2. The molecule has 0 spiro atoms. The molecule has 5 heterocycles. The third kappa shape index (κ3) is 11.2. The average molecular weight is 1050 g/mol. The summed E-state index contributed by atoms with van der Waals surface area (Å²) in [5.41, 5.74) is 1.47. The van der Waals surface area contributed by atoms with E-state index in [1.807, 2.05) is 75.1 Å². The first-order valence-corrected chi connectivity index (χ1v) is 25.1. The van der Waals surface area contributed by atoms with Crippen LogP contribution in [0.2, 0.25) is 4.34 Å². The lowest BCUT2D eigenvalue weighted by Crippen LogP contribution is -2.60. The Bertz CT molecular complexity index is 2180. The number of hydrogen-bond donors (Lipinski definition) is 3. The van der Waals surface area contributed by atoms with Crippen molar-refractivity contribution < 1.29 is 48.7 Å². The molecular weight excluding hydrogens is 985 g/mol. The zero-order valence-corrected chi connectivity index (χ0v) is 43.6. The molecule has 6 rings (SSSR count). The summed E-state index contributed by atoms with van der Waals surface area (Å²) < 4.78 is 27.3. The van der Waals surface area contributed by atoms with Gasteiger partial charge >= 0.3 is 11.9 Å². The number of likely N-dealkylation sites (N-methyl/N-ethyl adjacent to an activating group) is 2. The lowest BCUT2D eigenvalue weighted by Gasteiger charge is -2.46. The second-order valence-corrected chi connectivity index (χ2v) is 23.3. The van der Waals surface area contributed by atoms with Gasteiger partial charge in [-0.3, -0.25) is 14.4 Å². The van der Waals surface area contributed by atoms with Crippen molar-refractivity contribution in [1.82, 2.24) is 14.4 Å². The van der Waals surface area contributed by atoms with Gasteiger partial charge < -0.3 is 48.6 Å². The van der Waals surface area contributed by atoms with E-state index in [0.29, 0.717) is 23.8 Å². The number of esters is 2. The van der Waals surface area contributed by atoms with Crippen LogP contribution in [0.3, 0.4) is 0 Å². The molecule has 3 N–H and O–H groups in total. The van der Waals surface area contributed by atoms with Crippen LogP contribution in [0.1, 0.15) is 86.5 Å². The zero-order valence-electron chi connectivity index (χ0n) is 39.8. The zero-order chi connectivity index (χ0) is 48.1. The summed E-state index contributed by atoms with van der Waals surface area (Å²) >= 11 is 9.80. The van der Waals surface area contributed by atoms with E-state index in [9.17, 15) is 29.7 Å². The third-order valence-corrected chi connectivity index (χ3v) is 16.6. The summed E-state index contributed by atoms with van der Waals surface area (Å²) in [6.45, 7) is 17.2. The number of ether oxygens (including phenoxy) is 4. The molecule has 0 unspecified atom stereocenters. The standard InChI is InChI=1S/C49H69ClIN3O10S/c1-26-22-48(8,59)43(28(3)40(56)29(4)44(58)64-46(51)49(9,60)42(57)30(5)53(12)24-26)63-45-41(33(52(10)11)20-27(2)61-45)62-37(55)21-32-39(35-18-19-36(50)65-35)38(31-16-14-13-15-17-31)34-23-47(6,7)25-54(32)34/h13-19,26-30,33,41-43,45-46,57,59-60H,20-25H2,1-12H3/t26-,27-,28+,29-,30-,33+,41-,42-,43-,45+,46+,48-,49+/m1/s1. The van der Waals surface area contributed by atoms with Crippen LogP contribution < -0.4 is 0 Å². The number of nitrogens with zero attached hydrogens (tertiary/aromatic N) is 3. The molecule has 0 amide bonds. The number of aromatic nitrogens is 1. The highest BCUT2D eigenvalue weighted by atomic mass is 127. The van der Waals surface area contributed by atoms with Crippen molar-refractivity contribution in [2.24, 2.45) is 23.2 Å². The number of ketones is 1. The molecule has 0 radical (unpaired) electrons. The lowest BCUT2D eigenvalue weighted by atomic mass is 9.78. The molecule has 2 saturated heterocycles. The SMILES string of the molecule is C[C@H]1CN(C)[C@H](C)[C@@H](O)[C@](C)(O)[C@@H](I)OC(=O)[C@H](C)C(=O)[C@H](C)[C@@H](O[C@@H]2O[C@H](C)C[C@H](N(C)C)[C@H]2OC(=O)Cc2c(-c3ccc(Cl)s3)c(-c3ccccc3)c3n2CC(C)(C)C3)[C@](C)(O)C1. The molecule has 3 aromatic rings. The second kappa shape index (κ2) is 20.3. The summed E-state index contributed by atoms with van der Waals surface area (Å²) in [5, 5.41) is 35.3. The smallest absolute Gasteiger partial charge is 0.317 e. The number of alkyl halides is 1. The van der Waals surface area contributed by atoms with Crippen molar-refractivity contribution in [3.63, 3.8) is 0 Å². The van der Waals surface area contributed by atoms with Gasteiger partial charge in [0.25, 0.3) is 0 Å². The molecule has 3 aliphatic heterocycles. The summed E-state index contributed by atoms with van der Waals surface area (Å²) in [6.07, 6.45) is -3.74. The quantitative estimate of drug-likeness (QED) is 0.0891. The van der Waals surface area contributed by atoms with Crippen LogP contribution in [0.25, 0.3) is 21.6 Å². The third-order valence-electron chi connectivity index (χ3n) is 13.8. The van der Waals surface area contributed by atoms with Gasteiger partial charge in [-0.1, -0.05) is 69.6 Å². The number of fused-ring (bicyclic) bond motifs is 1. The number of carbonyl (C=O) groups is 3. The molecule has 65 heavy (non-hydrogen) atoms. The summed E-state index contributed by atoms with van der Waals surface area (Å²) in [6, 6.07) is 13.1. The first-order valence-electron chi connectivity index (χ1n) is 22.7. The normalized spacial score (nSPS) is 35.3. The van der Waals surface area contributed by atoms with E-state index in [2.05, 4.69) is 30.5 Å². The predicted octanol–water partition coefficient (Wildman–Crippen LogP) is 7.39. The molecule has 0 aliphatic carbocycles. The Balaban J connectivity index is 1.37. The minimum atomic E-state index is -1.86. The van der Waals surface area contributed by atoms with Crippen molar-refractivity contribution in [2.75, 3.05) is 27.7 Å². The molecular formula is C49H69ClIN3O10S. The minimum Gasteiger partial charge on any atom is -0.455 e. The van der Waals surface area contributed by atoms with E-state index in [-0.39, 0.29) is 36.3 Å². The Morgan fingerprint density at radius 3 is 2.29 bits per heavy atom. The van der Waals surface area contributed by atoms with Crippen LogP contribution in [0.15, 0.2) is 42.5 Å². The van der Waals surface area contributed by atoms with Crippen molar-refractivity contribution in [1.29, 1.82) is 0 Å². The maximum absolute atomic E-state index is 14.7. The number of hydrogen-bond acceptors (Lipinski definition) is 13. The van der Waals surface area contributed by atoms with Crippen LogP contribution in [0, 0.1) is 23.2 Å². The fraction of sp³-hybridized carbons (Fsp3) is 0.653. The van der Waals surface area contributed by atoms with Gasteiger partial charge in [-0.2, -0.15) is 0 Å². The van der Waals surface area contributed by atoms with Gasteiger partial charge in [0.1, 0.15) is 17.6 Å². The molecule has 3 aliphatic rings. The van der Waals surface area contributed by atoms with Crippen LogP contribution in [-0.4, -0.2) is 133 Å². The van der Waals surface area contributed by atoms with E-state index in [1.165, 1.54) is 25.2 Å². The topological polar surface area (TPSA) is 160 Å². The van der Waals surface area contributed by atoms with Gasteiger partial charge in [-0.15, -0.1) is 11.3 Å². The maximum atomic E-state index is 14.7. The van der Waals surface area contributed by atoms with Gasteiger partial charge in [0.05, 0.1) is 34.6 Å². The van der Waals surface area contributed by atoms with Gasteiger partial charge in [0.2, 0.25) is 0 Å².